The predicted octanol–water partition coefficient (Wildman–Crippen LogP) is 0.843. The lowest BCUT2D eigenvalue weighted by Crippen LogP contribution is -2.03. The van der Waals surface area contributed by atoms with Gasteiger partial charge in [0.05, 0.1) is 5.69 Å². The summed E-state index contributed by atoms with van der Waals surface area (Å²) in [4.78, 5) is 12.6. The topological polar surface area (TPSA) is 55.6 Å². The first-order valence-electron chi connectivity index (χ1n) is 4.75. The van der Waals surface area contributed by atoms with Gasteiger partial charge >= 0.3 is 0 Å². The molecule has 2 aromatic rings. The second-order valence-electron chi connectivity index (χ2n) is 3.25. The van der Waals surface area contributed by atoms with Crippen molar-refractivity contribution in [1.82, 2.24) is 19.5 Å². The molecule has 2 rings (SSSR count). The summed E-state index contributed by atoms with van der Waals surface area (Å²) in [7, 11) is 3.78. The standard InChI is InChI=1S/C10H13N5/c1-11-10-13-4-3-8(14-10)7-9-12-5-6-15(9)2/h3-6H,7H2,1-2H3,(H,11,13,14). The molecule has 0 unspecified atom stereocenters. The molecule has 15 heavy (non-hydrogen) atoms. The largest absolute Gasteiger partial charge is 0.357 e. The van der Waals surface area contributed by atoms with Crippen molar-refractivity contribution in [2.45, 2.75) is 6.42 Å². The fourth-order valence-corrected chi connectivity index (χ4v) is 1.34. The fourth-order valence-electron chi connectivity index (χ4n) is 1.34. The van der Waals surface area contributed by atoms with E-state index in [4.69, 9.17) is 0 Å². The molecule has 1 N–H and O–H groups in total. The highest BCUT2D eigenvalue weighted by atomic mass is 15.1. The molecule has 0 saturated carbocycles. The second kappa shape index (κ2) is 4.08. The van der Waals surface area contributed by atoms with Crippen molar-refractivity contribution >= 4 is 5.95 Å². The van der Waals surface area contributed by atoms with E-state index in [1.54, 1.807) is 19.4 Å². The van der Waals surface area contributed by atoms with Crippen LogP contribution in [0, 0.1) is 0 Å². The van der Waals surface area contributed by atoms with Crippen LogP contribution >= 0.6 is 0 Å². The number of rotatable bonds is 3. The summed E-state index contributed by atoms with van der Waals surface area (Å²) in [6.07, 6.45) is 6.18. The predicted molar refractivity (Wildman–Crippen MR) is 57.6 cm³/mol. The number of aryl methyl sites for hydroxylation is 1. The molecule has 0 saturated heterocycles. The minimum Gasteiger partial charge on any atom is -0.357 e. The summed E-state index contributed by atoms with van der Waals surface area (Å²) in [5.41, 5.74) is 0.962. The number of imidazole rings is 1. The maximum absolute atomic E-state index is 4.33. The van der Waals surface area contributed by atoms with Crippen LogP contribution in [0.15, 0.2) is 24.7 Å². The average molecular weight is 203 g/mol. The molecule has 0 radical (unpaired) electrons. The monoisotopic (exact) mass is 203 g/mol. The molecule has 0 aliphatic carbocycles. The average Bonchev–Trinajstić information content (AvgIpc) is 2.65. The van der Waals surface area contributed by atoms with Gasteiger partial charge in [0.15, 0.2) is 0 Å². The zero-order valence-corrected chi connectivity index (χ0v) is 8.81. The van der Waals surface area contributed by atoms with Crippen LogP contribution in [0.1, 0.15) is 11.5 Å². The van der Waals surface area contributed by atoms with Gasteiger partial charge in [-0.15, -0.1) is 0 Å². The highest BCUT2D eigenvalue weighted by molar-refractivity contribution is 5.24. The first-order chi connectivity index (χ1) is 7.29. The first kappa shape index (κ1) is 9.64. The van der Waals surface area contributed by atoms with Crippen molar-refractivity contribution in [3.63, 3.8) is 0 Å². The van der Waals surface area contributed by atoms with Crippen LogP contribution in [0.4, 0.5) is 5.95 Å². The fraction of sp³-hybridized carbons (Fsp3) is 0.300. The Kier molecular flexibility index (Phi) is 2.62. The molecule has 0 atom stereocenters. The normalized spacial score (nSPS) is 10.3. The van der Waals surface area contributed by atoms with Crippen molar-refractivity contribution in [2.24, 2.45) is 7.05 Å². The maximum Gasteiger partial charge on any atom is 0.222 e. The molecule has 0 fully saturated rings. The lowest BCUT2D eigenvalue weighted by atomic mass is 10.3. The van der Waals surface area contributed by atoms with Crippen molar-refractivity contribution in [1.29, 1.82) is 0 Å². The van der Waals surface area contributed by atoms with Gasteiger partial charge in [0.25, 0.3) is 0 Å². The molecule has 0 aliphatic heterocycles. The van der Waals surface area contributed by atoms with E-state index < -0.39 is 0 Å². The maximum atomic E-state index is 4.33. The summed E-state index contributed by atoms with van der Waals surface area (Å²) in [5.74, 6) is 1.64. The molecule has 2 aromatic heterocycles. The molecule has 5 nitrogen and oxygen atoms in total. The Hall–Kier alpha value is -1.91. The van der Waals surface area contributed by atoms with Crippen molar-refractivity contribution in [2.75, 3.05) is 12.4 Å². The number of aromatic nitrogens is 4. The Morgan fingerprint density at radius 1 is 1.33 bits per heavy atom. The summed E-state index contributed by atoms with van der Waals surface area (Å²) in [6, 6.07) is 1.90. The van der Waals surface area contributed by atoms with E-state index in [0.717, 1.165) is 17.9 Å². The molecule has 0 spiro atoms. The van der Waals surface area contributed by atoms with Crippen LogP contribution in [0.3, 0.4) is 0 Å². The van der Waals surface area contributed by atoms with E-state index in [-0.39, 0.29) is 0 Å². The number of hydrogen-bond acceptors (Lipinski definition) is 4. The van der Waals surface area contributed by atoms with Crippen LogP contribution in [0.25, 0.3) is 0 Å². The van der Waals surface area contributed by atoms with Crippen molar-refractivity contribution < 1.29 is 0 Å². The van der Waals surface area contributed by atoms with E-state index >= 15 is 0 Å². The van der Waals surface area contributed by atoms with E-state index in [2.05, 4.69) is 20.3 Å². The zero-order valence-electron chi connectivity index (χ0n) is 8.81. The molecule has 5 heteroatoms. The van der Waals surface area contributed by atoms with Gasteiger partial charge in [-0.05, 0) is 6.07 Å². The smallest absolute Gasteiger partial charge is 0.222 e. The third-order valence-corrected chi connectivity index (χ3v) is 2.20. The van der Waals surface area contributed by atoms with Gasteiger partial charge < -0.3 is 9.88 Å². The third-order valence-electron chi connectivity index (χ3n) is 2.20. The van der Waals surface area contributed by atoms with Crippen LogP contribution in [-0.2, 0) is 13.5 Å². The van der Waals surface area contributed by atoms with Gasteiger partial charge in [-0.2, -0.15) is 0 Å². The summed E-state index contributed by atoms with van der Waals surface area (Å²) >= 11 is 0. The first-order valence-corrected chi connectivity index (χ1v) is 4.75. The van der Waals surface area contributed by atoms with Crippen LogP contribution in [0.2, 0.25) is 0 Å². The number of anilines is 1. The zero-order chi connectivity index (χ0) is 10.7. The van der Waals surface area contributed by atoms with Crippen molar-refractivity contribution in [3.05, 3.63) is 36.2 Å². The Balaban J connectivity index is 2.21. The Morgan fingerprint density at radius 2 is 2.20 bits per heavy atom. The van der Waals surface area contributed by atoms with Gasteiger partial charge in [0, 0.05) is 39.1 Å². The molecule has 0 aromatic carbocycles. The molecule has 0 bridgehead atoms. The van der Waals surface area contributed by atoms with Gasteiger partial charge in [-0.25, -0.2) is 15.0 Å². The number of nitrogens with zero attached hydrogens (tertiary/aromatic N) is 4. The van der Waals surface area contributed by atoms with E-state index in [9.17, 15) is 0 Å². The van der Waals surface area contributed by atoms with E-state index in [1.165, 1.54) is 0 Å². The molecule has 78 valence electrons. The van der Waals surface area contributed by atoms with E-state index in [1.807, 2.05) is 23.9 Å². The highest BCUT2D eigenvalue weighted by Crippen LogP contribution is 2.05. The van der Waals surface area contributed by atoms with Crippen LogP contribution in [-0.4, -0.2) is 26.6 Å². The third kappa shape index (κ3) is 2.12. The SMILES string of the molecule is CNc1nccc(Cc2nccn2C)n1. The Bertz CT molecular complexity index is 449. The van der Waals surface area contributed by atoms with Gasteiger partial charge in [-0.1, -0.05) is 0 Å². The van der Waals surface area contributed by atoms with E-state index in [0.29, 0.717) is 5.95 Å². The lowest BCUT2D eigenvalue weighted by molar-refractivity contribution is 0.809. The molecular weight excluding hydrogens is 190 g/mol. The number of hydrogen-bond donors (Lipinski definition) is 1. The van der Waals surface area contributed by atoms with Crippen LogP contribution < -0.4 is 5.32 Å². The van der Waals surface area contributed by atoms with Crippen LogP contribution in [0.5, 0.6) is 0 Å². The summed E-state index contributed by atoms with van der Waals surface area (Å²) in [5, 5.41) is 2.91. The Morgan fingerprint density at radius 3 is 2.87 bits per heavy atom. The molecule has 0 aliphatic rings. The second-order valence-corrected chi connectivity index (χ2v) is 3.25. The molecular formula is C10H13N5. The highest BCUT2D eigenvalue weighted by Gasteiger charge is 2.03. The summed E-state index contributed by atoms with van der Waals surface area (Å²) < 4.78 is 1.99. The minimum atomic E-state index is 0.640. The van der Waals surface area contributed by atoms with Gasteiger partial charge in [0.2, 0.25) is 5.95 Å². The lowest BCUT2D eigenvalue weighted by Gasteiger charge is -2.03. The number of nitrogens with one attached hydrogen (secondary N) is 1. The quantitative estimate of drug-likeness (QED) is 0.803. The molecule has 2 heterocycles. The summed E-state index contributed by atoms with van der Waals surface area (Å²) in [6.45, 7) is 0. The van der Waals surface area contributed by atoms with Gasteiger partial charge in [0.1, 0.15) is 5.82 Å². The van der Waals surface area contributed by atoms with Crippen molar-refractivity contribution in [3.8, 4) is 0 Å². The van der Waals surface area contributed by atoms with Gasteiger partial charge in [-0.3, -0.25) is 0 Å². The molecule has 0 amide bonds. The Labute approximate surface area is 88.2 Å². The minimum absolute atomic E-state index is 0.640.